The second-order valence-electron chi connectivity index (χ2n) is 18.8. The van der Waals surface area contributed by atoms with Crippen molar-refractivity contribution in [1.29, 1.82) is 0 Å². The van der Waals surface area contributed by atoms with E-state index in [0.717, 1.165) is 33.8 Å². The molecule has 16 aromatic rings. The maximum absolute atomic E-state index is 5.81. The van der Waals surface area contributed by atoms with Crippen LogP contribution in [0.25, 0.3) is 135 Å². The van der Waals surface area contributed by atoms with Crippen LogP contribution < -0.4 is 0 Å². The minimum Gasteiger partial charge on any atom is -0.277 e. The van der Waals surface area contributed by atoms with Crippen LogP contribution in [0.5, 0.6) is 0 Å². The highest BCUT2D eigenvalue weighted by atomic mass is 15.5. The molecule has 0 spiro atoms. The maximum Gasteiger partial charge on any atom is 0.173 e. The van der Waals surface area contributed by atoms with E-state index in [-0.39, 0.29) is 0 Å². The smallest absolute Gasteiger partial charge is 0.173 e. The first-order chi connectivity index (χ1) is 38.7. The van der Waals surface area contributed by atoms with Crippen LogP contribution in [0.3, 0.4) is 0 Å². The Balaban J connectivity index is 1.19. The number of benzene rings is 6. The molecule has 10 heterocycles. The Hall–Kier alpha value is -11.2. The van der Waals surface area contributed by atoms with Crippen molar-refractivity contribution in [1.82, 2.24) is 72.4 Å². The van der Waals surface area contributed by atoms with E-state index in [4.69, 9.17) is 45.2 Å². The van der Waals surface area contributed by atoms with Gasteiger partial charge in [-0.25, -0.2) is 29.9 Å². The number of rotatable bonds is 9. The molecule has 0 aliphatic heterocycles. The largest absolute Gasteiger partial charge is 0.277 e. The number of nitrogens with zero attached hydrogens (tertiary/aromatic N) is 15. The molecule has 0 fully saturated rings. The Labute approximate surface area is 442 Å². The highest BCUT2D eigenvalue weighted by Crippen LogP contribution is 2.46. The van der Waals surface area contributed by atoms with Crippen molar-refractivity contribution in [3.63, 3.8) is 0 Å². The SMILES string of the molecule is c1ccc(-c2nn3c(c2-c2nc4cccnc4n2-c2ccccc2)n2nc(-c4ccccc4)c(-c4nc5cccnc5n4-c4ccccc4)c2n2nc(-c4ccccc4)c(-c4nc5cccnc5n4-c4ccccc4)c32)cc1. The summed E-state index contributed by atoms with van der Waals surface area (Å²) in [5, 5.41) is 17.4. The molecular weight excluding hydrogens is 967 g/mol. The highest BCUT2D eigenvalue weighted by Gasteiger charge is 2.36. The standard InChI is InChI=1S/C63H39N15/c1-7-22-40(23-8-1)52-49(58-67-46-34-19-37-64-55(46)73(58)43-28-13-4-14-29-43)61-76(70-52)62-50(59-68-47-35-20-38-65-56(47)74(59)44-30-15-5-16-31-44)53(41-24-9-2-10-25-41)72-78(62)63-51(54(71-77(61)63)42-26-11-3-12-27-42)60-69-48-36-21-39-66-57(48)75(60)45-32-17-6-18-33-45/h1-39H. The monoisotopic (exact) mass is 1010 g/mol. The Bertz CT molecular complexity index is 4410. The van der Waals surface area contributed by atoms with E-state index in [2.05, 4.69) is 86.5 Å². The molecule has 10 aromatic heterocycles. The average molecular weight is 1010 g/mol. The van der Waals surface area contributed by atoms with E-state index in [1.54, 1.807) is 18.6 Å². The first-order valence-corrected chi connectivity index (χ1v) is 25.5. The number of para-hydroxylation sites is 3. The molecule has 15 nitrogen and oxygen atoms in total. The van der Waals surface area contributed by atoms with Crippen molar-refractivity contribution in [2.45, 2.75) is 0 Å². The Morgan fingerprint density at radius 1 is 0.256 bits per heavy atom. The van der Waals surface area contributed by atoms with Gasteiger partial charge in [-0.2, -0.15) is 28.8 Å². The molecule has 0 aliphatic rings. The average Bonchev–Trinajstić information content (AvgIpc) is 4.29. The maximum atomic E-state index is 5.81. The third kappa shape index (κ3) is 6.48. The number of hydrogen-bond donors (Lipinski definition) is 0. The molecule has 0 saturated heterocycles. The van der Waals surface area contributed by atoms with Crippen molar-refractivity contribution < 1.29 is 0 Å². The van der Waals surface area contributed by atoms with Gasteiger partial charge < -0.3 is 0 Å². The summed E-state index contributed by atoms with van der Waals surface area (Å²) < 4.78 is 12.3. The lowest BCUT2D eigenvalue weighted by atomic mass is 10.1. The van der Waals surface area contributed by atoms with Gasteiger partial charge in [0.1, 0.15) is 33.6 Å². The quantitative estimate of drug-likeness (QED) is 0.138. The molecule has 0 bridgehead atoms. The van der Waals surface area contributed by atoms with Crippen LogP contribution in [0.1, 0.15) is 0 Å². The molecule has 16 rings (SSSR count). The zero-order valence-electron chi connectivity index (χ0n) is 41.2. The normalized spacial score (nSPS) is 11.8. The van der Waals surface area contributed by atoms with E-state index < -0.39 is 0 Å². The van der Waals surface area contributed by atoms with Gasteiger partial charge in [-0.3, -0.25) is 13.7 Å². The van der Waals surface area contributed by atoms with Gasteiger partial charge in [-0.05, 0) is 72.8 Å². The van der Waals surface area contributed by atoms with Gasteiger partial charge in [0.25, 0.3) is 0 Å². The Morgan fingerprint density at radius 3 is 0.782 bits per heavy atom. The predicted molar refractivity (Wildman–Crippen MR) is 303 cm³/mol. The van der Waals surface area contributed by atoms with E-state index in [0.29, 0.717) is 102 Å². The molecule has 0 atom stereocenters. The number of fused-ring (bicyclic) bond motifs is 9. The van der Waals surface area contributed by atoms with Crippen molar-refractivity contribution in [3.05, 3.63) is 237 Å². The summed E-state index contributed by atoms with van der Waals surface area (Å²) >= 11 is 0. The minimum atomic E-state index is 0.606. The predicted octanol–water partition coefficient (Wildman–Crippen LogP) is 12.8. The van der Waals surface area contributed by atoms with Crippen LogP contribution in [-0.2, 0) is 0 Å². The highest BCUT2D eigenvalue weighted by molar-refractivity contribution is 6.01. The lowest BCUT2D eigenvalue weighted by molar-refractivity contribution is 0.831. The zero-order valence-corrected chi connectivity index (χ0v) is 41.2. The van der Waals surface area contributed by atoms with E-state index in [1.807, 2.05) is 159 Å². The summed E-state index contributed by atoms with van der Waals surface area (Å²) in [6, 6.07) is 73.1. The van der Waals surface area contributed by atoms with Gasteiger partial charge in [0.05, 0.1) is 16.7 Å². The topological polar surface area (TPSA) is 144 Å². The fourth-order valence-electron chi connectivity index (χ4n) is 11.0. The van der Waals surface area contributed by atoms with E-state index >= 15 is 0 Å². The molecule has 0 radical (unpaired) electrons. The first-order valence-electron chi connectivity index (χ1n) is 25.5. The van der Waals surface area contributed by atoms with Crippen LogP contribution in [0.4, 0.5) is 0 Å². The molecule has 78 heavy (non-hydrogen) atoms. The fourth-order valence-corrected chi connectivity index (χ4v) is 11.0. The van der Waals surface area contributed by atoms with Gasteiger partial charge in [-0.15, -0.1) is 0 Å². The van der Waals surface area contributed by atoms with Crippen molar-refractivity contribution >= 4 is 50.4 Å². The first kappa shape index (κ1) is 43.2. The lowest BCUT2D eigenvalue weighted by Crippen LogP contribution is -2.08. The molecule has 0 unspecified atom stereocenters. The van der Waals surface area contributed by atoms with Gasteiger partial charge in [0.15, 0.2) is 51.4 Å². The number of hydrogen-bond acceptors (Lipinski definition) is 9. The van der Waals surface area contributed by atoms with Gasteiger partial charge >= 0.3 is 0 Å². The molecule has 0 aliphatic carbocycles. The lowest BCUT2D eigenvalue weighted by Gasteiger charge is -2.12. The summed E-state index contributed by atoms with van der Waals surface area (Å²) in [7, 11) is 0. The second kappa shape index (κ2) is 17.2. The van der Waals surface area contributed by atoms with Crippen molar-refractivity contribution in [2.75, 3.05) is 0 Å². The summed E-state index contributed by atoms with van der Waals surface area (Å²) in [6.07, 6.45) is 5.42. The van der Waals surface area contributed by atoms with Gasteiger partial charge in [0.2, 0.25) is 0 Å². The molecule has 0 N–H and O–H groups in total. The van der Waals surface area contributed by atoms with Gasteiger partial charge in [0, 0.05) is 52.3 Å². The van der Waals surface area contributed by atoms with Crippen molar-refractivity contribution in [3.8, 4) is 85.0 Å². The van der Waals surface area contributed by atoms with Crippen LogP contribution >= 0.6 is 0 Å². The molecule has 366 valence electrons. The second-order valence-corrected chi connectivity index (χ2v) is 18.8. The van der Waals surface area contributed by atoms with Gasteiger partial charge in [-0.1, -0.05) is 146 Å². The molecule has 6 aromatic carbocycles. The van der Waals surface area contributed by atoms with Crippen LogP contribution in [0.2, 0.25) is 0 Å². The van der Waals surface area contributed by atoms with Crippen molar-refractivity contribution in [2.24, 2.45) is 0 Å². The summed E-state index contributed by atoms with van der Waals surface area (Å²) in [5.74, 6) is 1.83. The summed E-state index contributed by atoms with van der Waals surface area (Å²) in [4.78, 5) is 31.6. The molecule has 15 heteroatoms. The van der Waals surface area contributed by atoms with E-state index in [1.165, 1.54) is 0 Å². The fraction of sp³-hybridized carbons (Fsp3) is 0. The molecule has 0 amide bonds. The van der Waals surface area contributed by atoms with Crippen LogP contribution in [0, 0.1) is 0 Å². The number of aromatic nitrogens is 15. The summed E-state index contributed by atoms with van der Waals surface area (Å²) in [5.41, 5.74) is 15.3. The summed E-state index contributed by atoms with van der Waals surface area (Å²) in [6.45, 7) is 0. The number of imidazole rings is 3. The van der Waals surface area contributed by atoms with E-state index in [9.17, 15) is 0 Å². The molecule has 0 saturated carbocycles. The Morgan fingerprint density at radius 2 is 0.513 bits per heavy atom. The van der Waals surface area contributed by atoms with Crippen LogP contribution in [0.15, 0.2) is 237 Å². The Kier molecular flexibility index (Phi) is 9.53. The third-order valence-corrected chi connectivity index (χ3v) is 14.3. The zero-order chi connectivity index (χ0) is 51.3. The molecular formula is C63H39N15. The minimum absolute atomic E-state index is 0.606. The van der Waals surface area contributed by atoms with Crippen LogP contribution in [-0.4, -0.2) is 72.4 Å². The number of pyridine rings is 3. The third-order valence-electron chi connectivity index (χ3n) is 14.3.